The maximum absolute atomic E-state index is 14.0. The van der Waals surface area contributed by atoms with Crippen molar-refractivity contribution in [2.24, 2.45) is 0 Å². The molecule has 0 aliphatic carbocycles. The first-order valence-corrected chi connectivity index (χ1v) is 14.7. The topological polar surface area (TPSA) is 63.2 Å². The van der Waals surface area contributed by atoms with E-state index in [9.17, 15) is 4.21 Å². The molecule has 0 amide bonds. The van der Waals surface area contributed by atoms with Crippen molar-refractivity contribution in [2.45, 2.75) is 54.3 Å². The summed E-state index contributed by atoms with van der Waals surface area (Å²) in [5, 5.41) is 0. The van der Waals surface area contributed by atoms with Gasteiger partial charge in [0.05, 0.1) is 30.6 Å². The van der Waals surface area contributed by atoms with Gasteiger partial charge in [0.2, 0.25) is 0 Å². The molecule has 0 N–H and O–H groups in total. The van der Waals surface area contributed by atoms with Crippen LogP contribution in [0.2, 0.25) is 0 Å². The Kier molecular flexibility index (Phi) is 8.78. The average molecular weight is 557 g/mol. The molecule has 6 rings (SSSR count). The second kappa shape index (κ2) is 13.0. The molecule has 206 valence electrons. The van der Waals surface area contributed by atoms with Crippen molar-refractivity contribution in [3.05, 3.63) is 138 Å². The minimum Gasteiger partial charge on any atom is -0.368 e. The Morgan fingerprint density at radius 3 is 1.77 bits per heavy atom. The van der Waals surface area contributed by atoms with Crippen LogP contribution in [-0.2, 0) is 47.7 Å². The van der Waals surface area contributed by atoms with Crippen molar-refractivity contribution in [2.75, 3.05) is 6.61 Å². The van der Waals surface area contributed by atoms with Crippen LogP contribution in [0.15, 0.2) is 126 Å². The molecule has 0 radical (unpaired) electrons. The van der Waals surface area contributed by atoms with Gasteiger partial charge in [-0.05, 0) is 23.3 Å². The van der Waals surface area contributed by atoms with Crippen LogP contribution in [-0.4, -0.2) is 40.7 Å². The molecule has 2 fully saturated rings. The Bertz CT molecular complexity index is 1360. The van der Waals surface area contributed by atoms with Gasteiger partial charge >= 0.3 is 0 Å². The van der Waals surface area contributed by atoms with Crippen LogP contribution >= 0.6 is 0 Å². The molecule has 0 saturated carbocycles. The van der Waals surface area contributed by atoms with Gasteiger partial charge in [0.1, 0.15) is 24.4 Å². The molecule has 6 nitrogen and oxygen atoms in total. The summed E-state index contributed by atoms with van der Waals surface area (Å²) in [6.45, 7) is 0.951. The lowest BCUT2D eigenvalue weighted by Gasteiger charge is -2.49. The molecular weight excluding hydrogens is 524 g/mol. The third-order valence-corrected chi connectivity index (χ3v) is 8.65. The Balaban J connectivity index is 1.33. The molecule has 2 aliphatic heterocycles. The molecule has 0 spiro atoms. The van der Waals surface area contributed by atoms with Crippen LogP contribution in [0.4, 0.5) is 0 Å². The molecule has 2 aliphatic rings. The molecule has 0 bridgehead atoms. The maximum Gasteiger partial charge on any atom is 0.184 e. The van der Waals surface area contributed by atoms with E-state index in [0.717, 1.165) is 16.7 Å². The number of hydrogen-bond acceptors (Lipinski definition) is 6. The summed E-state index contributed by atoms with van der Waals surface area (Å²) in [6.07, 6.45) is -2.77. The lowest BCUT2D eigenvalue weighted by Crippen LogP contribution is -2.63. The third kappa shape index (κ3) is 6.25. The fourth-order valence-electron chi connectivity index (χ4n) is 5.09. The molecule has 4 aromatic carbocycles. The van der Waals surface area contributed by atoms with Crippen molar-refractivity contribution in [3.8, 4) is 0 Å². The summed E-state index contributed by atoms with van der Waals surface area (Å²) in [6, 6.07) is 39.1. The van der Waals surface area contributed by atoms with E-state index in [2.05, 4.69) is 0 Å². The predicted molar refractivity (Wildman–Crippen MR) is 152 cm³/mol. The van der Waals surface area contributed by atoms with Crippen molar-refractivity contribution in [3.63, 3.8) is 0 Å². The number of ether oxygens (including phenoxy) is 5. The van der Waals surface area contributed by atoms with E-state index in [1.165, 1.54) is 0 Å². The molecule has 40 heavy (non-hydrogen) atoms. The Labute approximate surface area is 237 Å². The quantitative estimate of drug-likeness (QED) is 0.260. The lowest BCUT2D eigenvalue weighted by molar-refractivity contribution is -0.330. The summed E-state index contributed by atoms with van der Waals surface area (Å²) in [5.74, 6) is 0. The van der Waals surface area contributed by atoms with E-state index in [1.807, 2.05) is 121 Å². The van der Waals surface area contributed by atoms with Crippen LogP contribution < -0.4 is 0 Å². The smallest absolute Gasteiger partial charge is 0.184 e. The maximum atomic E-state index is 14.0. The summed E-state index contributed by atoms with van der Waals surface area (Å²) in [4.78, 5) is 0.667. The third-order valence-electron chi connectivity index (χ3n) is 7.11. The fraction of sp³-hybridized carbons (Fsp3) is 0.273. The SMILES string of the molecule is O=S(c1ccccc1)[C@@H]1O[C@H]2COC(c3ccccc3)O[C@@H]2[C@@H](OCc2ccccc2)[C@H]1OCc1ccccc1. The molecule has 2 heterocycles. The molecular formula is C33H32O6S. The van der Waals surface area contributed by atoms with Gasteiger partial charge in [0, 0.05) is 10.5 Å². The second-order valence-corrected chi connectivity index (χ2v) is 11.4. The van der Waals surface area contributed by atoms with E-state index in [-0.39, 0.29) is 6.61 Å². The summed E-state index contributed by atoms with van der Waals surface area (Å²) < 4.78 is 46.3. The van der Waals surface area contributed by atoms with Gasteiger partial charge in [-0.1, -0.05) is 109 Å². The number of rotatable bonds is 9. The largest absolute Gasteiger partial charge is 0.368 e. The monoisotopic (exact) mass is 556 g/mol. The average Bonchev–Trinajstić information content (AvgIpc) is 3.03. The van der Waals surface area contributed by atoms with E-state index < -0.39 is 46.9 Å². The summed E-state index contributed by atoms with van der Waals surface area (Å²) in [5.41, 5.74) is 2.17. The zero-order chi connectivity index (χ0) is 27.1. The number of benzene rings is 4. The van der Waals surface area contributed by atoms with Crippen molar-refractivity contribution in [1.82, 2.24) is 0 Å². The summed E-state index contributed by atoms with van der Waals surface area (Å²) >= 11 is 0. The van der Waals surface area contributed by atoms with Crippen LogP contribution in [0.25, 0.3) is 0 Å². The Morgan fingerprint density at radius 1 is 0.650 bits per heavy atom. The van der Waals surface area contributed by atoms with E-state index in [4.69, 9.17) is 23.7 Å². The first-order chi connectivity index (χ1) is 19.8. The van der Waals surface area contributed by atoms with Crippen LogP contribution in [0.1, 0.15) is 23.0 Å². The zero-order valence-electron chi connectivity index (χ0n) is 22.0. The predicted octanol–water partition coefficient (Wildman–Crippen LogP) is 5.80. The lowest BCUT2D eigenvalue weighted by atomic mass is 9.98. The van der Waals surface area contributed by atoms with Crippen molar-refractivity contribution < 1.29 is 27.9 Å². The van der Waals surface area contributed by atoms with Gasteiger partial charge < -0.3 is 23.7 Å². The molecule has 2 saturated heterocycles. The highest BCUT2D eigenvalue weighted by Crippen LogP contribution is 2.38. The molecule has 0 aromatic heterocycles. The molecule has 2 unspecified atom stereocenters. The van der Waals surface area contributed by atoms with Gasteiger partial charge in [0.25, 0.3) is 0 Å². The minimum absolute atomic E-state index is 0.281. The first-order valence-electron chi connectivity index (χ1n) is 13.5. The number of fused-ring (bicyclic) bond motifs is 1. The van der Waals surface area contributed by atoms with Crippen LogP contribution in [0.5, 0.6) is 0 Å². The van der Waals surface area contributed by atoms with E-state index >= 15 is 0 Å². The molecule has 4 aromatic rings. The minimum atomic E-state index is -1.52. The Hall–Kier alpha value is -3.17. The second-order valence-electron chi connectivity index (χ2n) is 9.85. The highest BCUT2D eigenvalue weighted by molar-refractivity contribution is 7.85. The standard InChI is InChI=1S/C33H32O6S/c34-40(27-19-11-4-12-20-27)33-31(36-22-25-15-7-2-8-16-25)30(35-21-24-13-5-1-6-14-24)29-28(38-33)23-37-32(39-29)26-17-9-3-10-18-26/h1-20,28-33H,21-23H2/t28-,29-,30+,31+,32?,33-,40?/m0/s1. The molecule has 7 atom stereocenters. The van der Waals surface area contributed by atoms with Gasteiger partial charge in [-0.15, -0.1) is 0 Å². The van der Waals surface area contributed by atoms with Gasteiger partial charge in [-0.3, -0.25) is 4.21 Å². The van der Waals surface area contributed by atoms with E-state index in [0.29, 0.717) is 18.1 Å². The van der Waals surface area contributed by atoms with Gasteiger partial charge in [-0.25, -0.2) is 0 Å². The Morgan fingerprint density at radius 2 is 1.18 bits per heavy atom. The van der Waals surface area contributed by atoms with Crippen LogP contribution in [0.3, 0.4) is 0 Å². The number of hydrogen-bond donors (Lipinski definition) is 0. The van der Waals surface area contributed by atoms with E-state index in [1.54, 1.807) is 0 Å². The highest BCUT2D eigenvalue weighted by Gasteiger charge is 2.53. The molecule has 7 heteroatoms. The first kappa shape index (κ1) is 27.0. The van der Waals surface area contributed by atoms with Crippen molar-refractivity contribution >= 4 is 10.8 Å². The zero-order valence-corrected chi connectivity index (χ0v) is 22.8. The fourth-order valence-corrected chi connectivity index (χ4v) is 6.50. The van der Waals surface area contributed by atoms with Crippen LogP contribution in [0, 0.1) is 0 Å². The van der Waals surface area contributed by atoms with Crippen molar-refractivity contribution in [1.29, 1.82) is 0 Å². The van der Waals surface area contributed by atoms with Gasteiger partial charge in [0.15, 0.2) is 11.7 Å². The summed E-state index contributed by atoms with van der Waals surface area (Å²) in [7, 11) is -1.52. The highest BCUT2D eigenvalue weighted by atomic mass is 32.2. The van der Waals surface area contributed by atoms with Gasteiger partial charge in [-0.2, -0.15) is 0 Å². The normalized spacial score (nSPS) is 27.0.